The highest BCUT2D eigenvalue weighted by Crippen LogP contribution is 2.25. The van der Waals surface area contributed by atoms with Crippen molar-refractivity contribution >= 4 is 58.3 Å². The number of anilines is 1. The van der Waals surface area contributed by atoms with Crippen LogP contribution in [0.3, 0.4) is 0 Å². The van der Waals surface area contributed by atoms with E-state index in [0.717, 1.165) is 0 Å². The van der Waals surface area contributed by atoms with Gasteiger partial charge in [-0.15, -0.1) is 0 Å². The van der Waals surface area contributed by atoms with Gasteiger partial charge in [-0.1, -0.05) is 53.0 Å². The van der Waals surface area contributed by atoms with Gasteiger partial charge in [0.05, 0.1) is 26.2 Å². The van der Waals surface area contributed by atoms with Crippen molar-refractivity contribution in [2.75, 3.05) is 5.32 Å². The largest absolute Gasteiger partial charge is 0.508 e. The number of carbonyl (C=O) groups is 3. The number of phenols is 1. The molecule has 0 unspecified atom stereocenters. The van der Waals surface area contributed by atoms with Crippen LogP contribution in [0.2, 0.25) is 15.1 Å². The first-order valence-corrected chi connectivity index (χ1v) is 10.7. The van der Waals surface area contributed by atoms with Gasteiger partial charge in [-0.3, -0.25) is 9.59 Å². The van der Waals surface area contributed by atoms with E-state index in [4.69, 9.17) is 34.8 Å². The first kappa shape index (κ1) is 24.4. The summed E-state index contributed by atoms with van der Waals surface area (Å²) in [7, 11) is 0. The lowest BCUT2D eigenvalue weighted by Gasteiger charge is -2.16. The molecule has 0 spiro atoms. The van der Waals surface area contributed by atoms with Gasteiger partial charge in [-0.05, 0) is 48.0 Å². The highest BCUT2D eigenvalue weighted by Gasteiger charge is 2.22. The van der Waals surface area contributed by atoms with Gasteiger partial charge < -0.3 is 20.8 Å². The van der Waals surface area contributed by atoms with Crippen LogP contribution in [0.15, 0.2) is 60.7 Å². The number of carboxylic acid groups (broad SMARTS) is 1. The Morgan fingerprint density at radius 3 is 2.06 bits per heavy atom. The van der Waals surface area contributed by atoms with Gasteiger partial charge in [-0.2, -0.15) is 0 Å². The molecule has 170 valence electrons. The molecule has 10 heteroatoms. The van der Waals surface area contributed by atoms with E-state index in [1.807, 2.05) is 0 Å². The number of aromatic hydroxyl groups is 1. The lowest BCUT2D eigenvalue weighted by atomic mass is 10.0. The van der Waals surface area contributed by atoms with Gasteiger partial charge in [-0.25, -0.2) is 4.79 Å². The summed E-state index contributed by atoms with van der Waals surface area (Å²) in [5.74, 6) is -2.52. The van der Waals surface area contributed by atoms with Crippen molar-refractivity contribution in [1.82, 2.24) is 5.32 Å². The molecular formula is C23H17Cl3N2O5. The molecule has 0 saturated heterocycles. The fraction of sp³-hybridized carbons (Fsp3) is 0.0870. The van der Waals surface area contributed by atoms with E-state index in [2.05, 4.69) is 10.6 Å². The summed E-state index contributed by atoms with van der Waals surface area (Å²) >= 11 is 18.1. The number of hydrogen-bond donors (Lipinski definition) is 4. The minimum atomic E-state index is -1.23. The second-order valence-electron chi connectivity index (χ2n) is 6.98. The average molecular weight is 508 g/mol. The molecule has 0 aliphatic carbocycles. The molecule has 0 bridgehead atoms. The minimum absolute atomic E-state index is 0.00430. The standard InChI is InChI=1S/C23H17Cl3N2O5/c24-16-2-1-3-17(25)20(16)22(31)27-13-6-4-12(5-7-13)10-19(23(32)33)28-21(30)15-9-8-14(29)11-18(15)26/h1-9,11,19,29H,10H2,(H,27,31)(H,28,30)(H,32,33)/t19-/m0/s1. The van der Waals surface area contributed by atoms with E-state index < -0.39 is 23.8 Å². The summed E-state index contributed by atoms with van der Waals surface area (Å²) in [5, 5.41) is 24.4. The van der Waals surface area contributed by atoms with Crippen LogP contribution in [-0.4, -0.2) is 34.0 Å². The van der Waals surface area contributed by atoms with Crippen LogP contribution in [0, 0.1) is 0 Å². The molecule has 3 aromatic carbocycles. The van der Waals surface area contributed by atoms with E-state index in [1.54, 1.807) is 42.5 Å². The Hall–Kier alpha value is -3.26. The summed E-state index contributed by atoms with van der Waals surface area (Å²) < 4.78 is 0. The van der Waals surface area contributed by atoms with Crippen LogP contribution in [0.25, 0.3) is 0 Å². The first-order valence-electron chi connectivity index (χ1n) is 9.52. The first-order chi connectivity index (χ1) is 15.7. The Labute approximate surface area is 203 Å². The zero-order chi connectivity index (χ0) is 24.1. The molecule has 0 radical (unpaired) electrons. The number of rotatable bonds is 7. The molecular weight excluding hydrogens is 491 g/mol. The molecule has 0 fully saturated rings. The summed E-state index contributed by atoms with van der Waals surface area (Å²) in [6, 6.07) is 13.7. The molecule has 1 atom stereocenters. The third-order valence-electron chi connectivity index (χ3n) is 4.64. The van der Waals surface area contributed by atoms with Gasteiger partial charge in [0.15, 0.2) is 0 Å². The Kier molecular flexibility index (Phi) is 7.81. The number of nitrogens with one attached hydrogen (secondary N) is 2. The minimum Gasteiger partial charge on any atom is -0.508 e. The monoisotopic (exact) mass is 506 g/mol. The highest BCUT2D eigenvalue weighted by atomic mass is 35.5. The molecule has 0 heterocycles. The second kappa shape index (κ2) is 10.6. The van der Waals surface area contributed by atoms with Crippen molar-refractivity contribution in [3.63, 3.8) is 0 Å². The average Bonchev–Trinajstić information content (AvgIpc) is 2.74. The van der Waals surface area contributed by atoms with Gasteiger partial charge in [0.2, 0.25) is 0 Å². The summed E-state index contributed by atoms with van der Waals surface area (Å²) in [4.78, 5) is 36.6. The van der Waals surface area contributed by atoms with Crippen molar-refractivity contribution < 1.29 is 24.6 Å². The van der Waals surface area contributed by atoms with Crippen LogP contribution in [0.4, 0.5) is 5.69 Å². The Morgan fingerprint density at radius 1 is 0.848 bits per heavy atom. The van der Waals surface area contributed by atoms with Crippen molar-refractivity contribution in [3.8, 4) is 5.75 Å². The summed E-state index contributed by atoms with van der Waals surface area (Å²) in [6.45, 7) is 0. The maximum atomic E-state index is 12.5. The van der Waals surface area contributed by atoms with Crippen LogP contribution < -0.4 is 10.6 Å². The topological polar surface area (TPSA) is 116 Å². The quantitative estimate of drug-likeness (QED) is 0.358. The van der Waals surface area contributed by atoms with Crippen LogP contribution in [0.1, 0.15) is 26.3 Å². The van der Waals surface area contributed by atoms with Gasteiger partial charge >= 0.3 is 5.97 Å². The van der Waals surface area contributed by atoms with E-state index in [9.17, 15) is 24.6 Å². The number of carbonyl (C=O) groups excluding carboxylic acids is 2. The molecule has 0 saturated carbocycles. The van der Waals surface area contributed by atoms with Gasteiger partial charge in [0.1, 0.15) is 11.8 Å². The van der Waals surface area contributed by atoms with Gasteiger partial charge in [0, 0.05) is 12.1 Å². The lowest BCUT2D eigenvalue weighted by molar-refractivity contribution is -0.139. The Bertz CT molecular complexity index is 1190. The van der Waals surface area contributed by atoms with E-state index >= 15 is 0 Å². The third kappa shape index (κ3) is 6.16. The number of aliphatic carboxylic acids is 1. The number of hydrogen-bond acceptors (Lipinski definition) is 4. The second-order valence-corrected chi connectivity index (χ2v) is 8.20. The van der Waals surface area contributed by atoms with E-state index in [0.29, 0.717) is 11.3 Å². The fourth-order valence-electron chi connectivity index (χ4n) is 2.99. The van der Waals surface area contributed by atoms with Crippen LogP contribution in [-0.2, 0) is 11.2 Å². The number of carboxylic acids is 1. The predicted octanol–water partition coefficient (Wildman–Crippen LogP) is 5.03. The van der Waals surface area contributed by atoms with Crippen molar-refractivity contribution in [1.29, 1.82) is 0 Å². The molecule has 33 heavy (non-hydrogen) atoms. The highest BCUT2D eigenvalue weighted by molar-refractivity contribution is 6.40. The summed E-state index contributed by atoms with van der Waals surface area (Å²) in [5.41, 5.74) is 1.24. The zero-order valence-electron chi connectivity index (χ0n) is 16.8. The molecule has 3 aromatic rings. The molecule has 0 aromatic heterocycles. The van der Waals surface area contributed by atoms with Crippen molar-refractivity contribution in [2.45, 2.75) is 12.5 Å². The molecule has 3 rings (SSSR count). The van der Waals surface area contributed by atoms with Crippen molar-refractivity contribution in [2.24, 2.45) is 0 Å². The SMILES string of the molecule is O=C(N[C@@H](Cc1ccc(NC(=O)c2c(Cl)cccc2Cl)cc1)C(=O)O)c1ccc(O)cc1Cl. The van der Waals surface area contributed by atoms with Crippen LogP contribution in [0.5, 0.6) is 5.75 Å². The molecule has 2 amide bonds. The smallest absolute Gasteiger partial charge is 0.326 e. The molecule has 0 aliphatic rings. The summed E-state index contributed by atoms with van der Waals surface area (Å²) in [6.07, 6.45) is -0.0126. The number of phenolic OH excluding ortho intramolecular Hbond substituents is 1. The normalized spacial score (nSPS) is 11.5. The number of benzene rings is 3. The Morgan fingerprint density at radius 2 is 1.48 bits per heavy atom. The number of amides is 2. The third-order valence-corrected chi connectivity index (χ3v) is 5.58. The fourth-order valence-corrected chi connectivity index (χ4v) is 3.82. The van der Waals surface area contributed by atoms with E-state index in [1.165, 1.54) is 18.2 Å². The predicted molar refractivity (Wildman–Crippen MR) is 127 cm³/mol. The van der Waals surface area contributed by atoms with E-state index in [-0.39, 0.29) is 38.4 Å². The maximum absolute atomic E-state index is 12.5. The molecule has 7 nitrogen and oxygen atoms in total. The Balaban J connectivity index is 1.68. The number of halogens is 3. The maximum Gasteiger partial charge on any atom is 0.326 e. The van der Waals surface area contributed by atoms with Gasteiger partial charge in [0.25, 0.3) is 11.8 Å². The molecule has 0 aliphatic heterocycles. The lowest BCUT2D eigenvalue weighted by Crippen LogP contribution is -2.42. The van der Waals surface area contributed by atoms with Crippen molar-refractivity contribution in [3.05, 3.63) is 92.4 Å². The van der Waals surface area contributed by atoms with Crippen LogP contribution >= 0.6 is 34.8 Å². The molecule has 4 N–H and O–H groups in total. The zero-order valence-corrected chi connectivity index (χ0v) is 19.1.